The van der Waals surface area contributed by atoms with Crippen molar-refractivity contribution in [2.24, 2.45) is 10.1 Å². The van der Waals surface area contributed by atoms with E-state index < -0.39 is 18.2 Å². The van der Waals surface area contributed by atoms with Crippen molar-refractivity contribution in [3.63, 3.8) is 0 Å². The molecule has 0 spiro atoms. The van der Waals surface area contributed by atoms with Crippen LogP contribution in [-0.2, 0) is 11.2 Å². The first-order chi connectivity index (χ1) is 12.5. The van der Waals surface area contributed by atoms with Gasteiger partial charge in [0.15, 0.2) is 12.2 Å². The minimum atomic E-state index is -0.539. The Kier molecular flexibility index (Phi) is 5.20. The molecule has 0 saturated carbocycles. The average Bonchev–Trinajstić information content (AvgIpc) is 2.98. The van der Waals surface area contributed by atoms with Crippen molar-refractivity contribution in [3.8, 4) is 0 Å². The zero-order valence-electron chi connectivity index (χ0n) is 15.3. The van der Waals surface area contributed by atoms with Crippen molar-refractivity contribution in [1.29, 1.82) is 0 Å². The number of carbonyl (C=O) groups excluding carboxylic acids is 2. The maximum Gasteiger partial charge on any atom is 0.325 e. The van der Waals surface area contributed by atoms with Crippen LogP contribution in [0.5, 0.6) is 0 Å². The number of nitrogens with zero attached hydrogens (tertiary/aromatic N) is 4. The van der Waals surface area contributed by atoms with E-state index in [9.17, 15) is 9.59 Å². The molecule has 0 aromatic heterocycles. The van der Waals surface area contributed by atoms with E-state index in [1.807, 2.05) is 36.9 Å². The van der Waals surface area contributed by atoms with E-state index in [0.29, 0.717) is 12.5 Å². The molecule has 138 valence electrons. The van der Waals surface area contributed by atoms with Gasteiger partial charge in [-0.3, -0.25) is 10.1 Å². The number of urea groups is 1. The lowest BCUT2D eigenvalue weighted by atomic mass is 10.1. The van der Waals surface area contributed by atoms with Crippen molar-refractivity contribution in [2.45, 2.75) is 38.9 Å². The predicted molar refractivity (Wildman–Crippen MR) is 99.7 cm³/mol. The van der Waals surface area contributed by atoms with Gasteiger partial charge in [-0.2, -0.15) is 5.10 Å². The fraction of sp³-hybridized carbons (Fsp3) is 0.444. The van der Waals surface area contributed by atoms with Gasteiger partial charge < -0.3 is 9.80 Å². The zero-order chi connectivity index (χ0) is 18.7. The van der Waals surface area contributed by atoms with Crippen LogP contribution in [0.2, 0.25) is 0 Å². The molecule has 1 aromatic rings. The number of hydrazone groups is 1. The smallest absolute Gasteiger partial charge is 0.325 e. The molecule has 8 heteroatoms. The number of rotatable bonds is 5. The first kappa shape index (κ1) is 17.9. The van der Waals surface area contributed by atoms with Gasteiger partial charge in [0.05, 0.1) is 0 Å². The predicted octanol–water partition coefficient (Wildman–Crippen LogP) is 1.15. The number of hydrogen-bond acceptors (Lipinski definition) is 6. The molecule has 2 aliphatic heterocycles. The van der Waals surface area contributed by atoms with Gasteiger partial charge in [0.1, 0.15) is 0 Å². The molecule has 1 aromatic carbocycles. The van der Waals surface area contributed by atoms with E-state index >= 15 is 0 Å². The van der Waals surface area contributed by atoms with Crippen molar-refractivity contribution >= 4 is 23.6 Å². The summed E-state index contributed by atoms with van der Waals surface area (Å²) < 4.78 is 0. The highest BCUT2D eigenvalue weighted by Gasteiger charge is 2.48. The lowest BCUT2D eigenvalue weighted by Gasteiger charge is -2.36. The Morgan fingerprint density at radius 2 is 2.00 bits per heavy atom. The molecule has 1 fully saturated rings. The third kappa shape index (κ3) is 3.68. The Labute approximate surface area is 153 Å². The topological polar surface area (TPSA) is 89.4 Å². The van der Waals surface area contributed by atoms with Crippen LogP contribution in [-0.4, -0.2) is 59.2 Å². The number of imide groups is 1. The molecule has 1 saturated heterocycles. The summed E-state index contributed by atoms with van der Waals surface area (Å²) >= 11 is 0. The number of benzene rings is 1. The van der Waals surface area contributed by atoms with Crippen LogP contribution in [0, 0.1) is 0 Å². The summed E-state index contributed by atoms with van der Waals surface area (Å²) in [6.45, 7) is 4.38. The van der Waals surface area contributed by atoms with E-state index in [4.69, 9.17) is 0 Å². The Balaban J connectivity index is 1.75. The van der Waals surface area contributed by atoms with Gasteiger partial charge >= 0.3 is 6.03 Å². The third-order valence-electron chi connectivity index (χ3n) is 4.45. The molecular formula is C18H24N6O2. The van der Waals surface area contributed by atoms with Crippen LogP contribution >= 0.6 is 0 Å². The van der Waals surface area contributed by atoms with Gasteiger partial charge in [0, 0.05) is 19.3 Å². The second-order valence-corrected chi connectivity index (χ2v) is 6.67. The molecule has 0 bridgehead atoms. The SMILES string of the molecule is CC(C)=NNC1=NC2C(C(=O)NC(=O)N2C)N1CCCc1ccccc1. The number of fused-ring (bicyclic) bond motifs is 1. The summed E-state index contributed by atoms with van der Waals surface area (Å²) in [5, 5.41) is 6.60. The van der Waals surface area contributed by atoms with Gasteiger partial charge in [-0.25, -0.2) is 15.2 Å². The molecule has 3 rings (SSSR count). The highest BCUT2D eigenvalue weighted by atomic mass is 16.2. The van der Waals surface area contributed by atoms with Gasteiger partial charge in [-0.05, 0) is 32.3 Å². The summed E-state index contributed by atoms with van der Waals surface area (Å²) in [5.74, 6) is 0.196. The van der Waals surface area contributed by atoms with Crippen LogP contribution in [0.1, 0.15) is 25.8 Å². The molecule has 2 unspecified atom stereocenters. The number of aryl methyl sites for hydroxylation is 1. The standard InChI is InChI=1S/C18H24N6O2/c1-12(2)21-22-17-19-15-14(16(25)20-18(26)23(15)3)24(17)11-7-10-13-8-5-4-6-9-13/h4-6,8-9,14-15H,7,10-11H2,1-3H3,(H,19,22)(H,20,25,26). The third-order valence-corrected chi connectivity index (χ3v) is 4.45. The minimum Gasteiger partial charge on any atom is -0.326 e. The number of hydrogen-bond donors (Lipinski definition) is 2. The quantitative estimate of drug-likeness (QED) is 0.612. The Morgan fingerprint density at radius 1 is 1.27 bits per heavy atom. The van der Waals surface area contributed by atoms with Crippen molar-refractivity contribution in [3.05, 3.63) is 35.9 Å². The molecule has 2 atom stereocenters. The van der Waals surface area contributed by atoms with E-state index in [1.165, 1.54) is 10.5 Å². The minimum absolute atomic E-state index is 0.324. The fourth-order valence-corrected chi connectivity index (χ4v) is 3.12. The molecule has 26 heavy (non-hydrogen) atoms. The Hall–Kier alpha value is -2.90. The highest BCUT2D eigenvalue weighted by Crippen LogP contribution is 2.23. The molecule has 2 heterocycles. The first-order valence-corrected chi connectivity index (χ1v) is 8.70. The summed E-state index contributed by atoms with van der Waals surface area (Å²) in [5.41, 5.74) is 5.03. The van der Waals surface area contributed by atoms with Gasteiger partial charge in [-0.15, -0.1) is 0 Å². The largest absolute Gasteiger partial charge is 0.326 e. The van der Waals surface area contributed by atoms with Crippen molar-refractivity contribution < 1.29 is 9.59 Å². The number of guanidine groups is 1. The maximum atomic E-state index is 12.4. The average molecular weight is 356 g/mol. The molecule has 8 nitrogen and oxygen atoms in total. The fourth-order valence-electron chi connectivity index (χ4n) is 3.12. The summed E-state index contributed by atoms with van der Waals surface area (Å²) in [6, 6.07) is 9.24. The van der Waals surface area contributed by atoms with E-state index in [0.717, 1.165) is 18.6 Å². The van der Waals surface area contributed by atoms with Crippen LogP contribution < -0.4 is 10.7 Å². The lowest BCUT2D eigenvalue weighted by molar-refractivity contribution is -0.127. The van der Waals surface area contributed by atoms with Crippen LogP contribution in [0.15, 0.2) is 40.4 Å². The van der Waals surface area contributed by atoms with E-state index in [2.05, 4.69) is 33.0 Å². The van der Waals surface area contributed by atoms with Crippen molar-refractivity contribution in [2.75, 3.05) is 13.6 Å². The molecule has 3 amide bonds. The van der Waals surface area contributed by atoms with Gasteiger partial charge in [0.2, 0.25) is 5.96 Å². The summed E-state index contributed by atoms with van der Waals surface area (Å²) in [7, 11) is 1.64. The zero-order valence-corrected chi connectivity index (χ0v) is 15.3. The number of carbonyl (C=O) groups is 2. The van der Waals surface area contributed by atoms with Crippen molar-refractivity contribution in [1.82, 2.24) is 20.5 Å². The highest BCUT2D eigenvalue weighted by molar-refractivity contribution is 6.03. The molecule has 0 aliphatic carbocycles. The molecular weight excluding hydrogens is 332 g/mol. The van der Waals surface area contributed by atoms with Crippen LogP contribution in [0.3, 0.4) is 0 Å². The number of aliphatic imine (C=N–C) groups is 1. The number of amides is 3. The second-order valence-electron chi connectivity index (χ2n) is 6.67. The van der Waals surface area contributed by atoms with Gasteiger partial charge in [-0.1, -0.05) is 30.3 Å². The second kappa shape index (κ2) is 7.55. The van der Waals surface area contributed by atoms with E-state index in [1.54, 1.807) is 7.05 Å². The molecule has 2 aliphatic rings. The van der Waals surface area contributed by atoms with Gasteiger partial charge in [0.25, 0.3) is 5.91 Å². The van der Waals surface area contributed by atoms with E-state index in [-0.39, 0.29) is 5.91 Å². The Bertz CT molecular complexity index is 741. The Morgan fingerprint density at radius 3 is 2.69 bits per heavy atom. The normalized spacial score (nSPS) is 21.9. The number of nitrogens with one attached hydrogen (secondary N) is 2. The molecule has 0 radical (unpaired) electrons. The first-order valence-electron chi connectivity index (χ1n) is 8.70. The maximum absolute atomic E-state index is 12.4. The lowest BCUT2D eigenvalue weighted by Crippen LogP contribution is -2.64. The monoisotopic (exact) mass is 356 g/mol. The van der Waals surface area contributed by atoms with Crippen LogP contribution in [0.4, 0.5) is 4.79 Å². The van der Waals surface area contributed by atoms with Crippen LogP contribution in [0.25, 0.3) is 0 Å². The number of likely N-dealkylation sites (N-methyl/N-ethyl adjacent to an activating group) is 1. The summed E-state index contributed by atoms with van der Waals surface area (Å²) in [6.07, 6.45) is 1.21. The summed E-state index contributed by atoms with van der Waals surface area (Å²) in [4.78, 5) is 32.2. The molecule has 2 N–H and O–H groups in total.